The molecule has 2 aliphatic rings. The first-order valence-electron chi connectivity index (χ1n) is 12.7. The molecule has 0 saturated carbocycles. The normalized spacial score (nSPS) is 19.5. The monoisotopic (exact) mass is 553 g/mol. The molecular weight excluding hydrogens is 522 g/mol. The molecule has 2 unspecified atom stereocenters. The van der Waals surface area contributed by atoms with Crippen molar-refractivity contribution in [3.05, 3.63) is 47.8 Å². The van der Waals surface area contributed by atoms with Crippen molar-refractivity contribution < 1.29 is 22.7 Å². The van der Waals surface area contributed by atoms with Crippen LogP contribution in [0.25, 0.3) is 11.3 Å². The number of nitrogens with zero attached hydrogens (tertiary/aromatic N) is 6. The van der Waals surface area contributed by atoms with Crippen LogP contribution in [0.1, 0.15) is 24.0 Å². The molecule has 2 aliphatic heterocycles. The summed E-state index contributed by atoms with van der Waals surface area (Å²) >= 11 is 0. The van der Waals surface area contributed by atoms with Gasteiger partial charge in [-0.1, -0.05) is 18.2 Å². The summed E-state index contributed by atoms with van der Waals surface area (Å²) in [6.07, 6.45) is 3.10. The van der Waals surface area contributed by atoms with E-state index in [9.17, 15) is 18.0 Å². The van der Waals surface area contributed by atoms with Gasteiger partial charge in [0.15, 0.2) is 0 Å². The first-order chi connectivity index (χ1) is 18.5. The molecule has 3 aromatic rings. The Bertz CT molecular complexity index is 1520. The number of likely N-dealkylation sites (tertiary alicyclic amines) is 2. The van der Waals surface area contributed by atoms with Crippen LogP contribution in [-0.2, 0) is 26.7 Å². The minimum absolute atomic E-state index is 0.0190. The number of amides is 2. The highest BCUT2D eigenvalue weighted by Gasteiger charge is 2.38. The van der Waals surface area contributed by atoms with Crippen molar-refractivity contribution in [3.63, 3.8) is 0 Å². The summed E-state index contributed by atoms with van der Waals surface area (Å²) in [6.45, 7) is 5.19. The average molecular weight is 554 g/mol. The Labute approximate surface area is 227 Å². The zero-order valence-corrected chi connectivity index (χ0v) is 23.1. The summed E-state index contributed by atoms with van der Waals surface area (Å²) in [5.74, 6) is -0.359. The van der Waals surface area contributed by atoms with Gasteiger partial charge < -0.3 is 14.5 Å². The van der Waals surface area contributed by atoms with E-state index in [4.69, 9.17) is 4.74 Å². The van der Waals surface area contributed by atoms with Crippen molar-refractivity contribution in [3.8, 4) is 17.1 Å². The van der Waals surface area contributed by atoms with Crippen molar-refractivity contribution in [1.29, 1.82) is 0 Å². The molecule has 206 valence electrons. The number of carbonyl (C=O) groups excluding carboxylic acids is 2. The van der Waals surface area contributed by atoms with E-state index in [0.717, 1.165) is 16.7 Å². The zero-order chi connectivity index (χ0) is 27.9. The highest BCUT2D eigenvalue weighted by molar-refractivity contribution is 7.92. The molecule has 4 heterocycles. The number of benzene rings is 1. The van der Waals surface area contributed by atoms with Crippen LogP contribution in [0, 0.1) is 19.8 Å². The number of hydrogen-bond donors (Lipinski definition) is 1. The zero-order valence-electron chi connectivity index (χ0n) is 22.3. The lowest BCUT2D eigenvalue weighted by Crippen LogP contribution is -2.36. The van der Waals surface area contributed by atoms with Gasteiger partial charge in [-0.05, 0) is 25.0 Å². The van der Waals surface area contributed by atoms with Crippen LogP contribution < -0.4 is 9.46 Å². The lowest BCUT2D eigenvalue weighted by Gasteiger charge is -2.20. The van der Waals surface area contributed by atoms with Gasteiger partial charge in [-0.25, -0.2) is 18.1 Å². The summed E-state index contributed by atoms with van der Waals surface area (Å²) in [6, 6.07) is 7.54. The number of anilines is 1. The number of aryl methyl sites for hydroxylation is 3. The second kappa shape index (κ2) is 10.3. The standard InChI is InChI=1S/C26H31N7O5S/c1-16-6-5-7-17(2)24(16)21-11-22(29-26(28-21)30-39(36,37)20-12-27-32(4)15-20)38-19-8-9-33(14-19)25(35)18-10-23(34)31(3)13-18/h5-7,11-12,15,18-19H,8-10,13-14H2,1-4H3,(H,28,29,30). The summed E-state index contributed by atoms with van der Waals surface area (Å²) in [5, 5.41) is 3.94. The Morgan fingerprint density at radius 1 is 1.13 bits per heavy atom. The Balaban J connectivity index is 1.40. The number of hydrogen-bond acceptors (Lipinski definition) is 8. The van der Waals surface area contributed by atoms with Gasteiger partial charge in [0, 0.05) is 57.9 Å². The molecule has 1 aromatic carbocycles. The molecule has 12 nitrogen and oxygen atoms in total. The predicted molar refractivity (Wildman–Crippen MR) is 142 cm³/mol. The van der Waals surface area contributed by atoms with Crippen molar-refractivity contribution in [2.45, 2.75) is 37.7 Å². The van der Waals surface area contributed by atoms with Crippen LogP contribution >= 0.6 is 0 Å². The summed E-state index contributed by atoms with van der Waals surface area (Å²) < 4.78 is 36.0. The van der Waals surface area contributed by atoms with E-state index in [1.165, 1.54) is 17.1 Å². The molecule has 0 spiro atoms. The van der Waals surface area contributed by atoms with Gasteiger partial charge in [0.1, 0.15) is 11.0 Å². The number of carbonyl (C=O) groups is 2. The summed E-state index contributed by atoms with van der Waals surface area (Å²) in [7, 11) is -0.663. The quantitative estimate of drug-likeness (QED) is 0.467. The Kier molecular flexibility index (Phi) is 7.02. The first kappa shape index (κ1) is 26.6. The van der Waals surface area contributed by atoms with Crippen LogP contribution in [0.4, 0.5) is 5.95 Å². The second-order valence-corrected chi connectivity index (χ2v) is 11.8. The van der Waals surface area contributed by atoms with Gasteiger partial charge in [-0.2, -0.15) is 10.1 Å². The van der Waals surface area contributed by atoms with Gasteiger partial charge >= 0.3 is 0 Å². The van der Waals surface area contributed by atoms with E-state index < -0.39 is 10.0 Å². The van der Waals surface area contributed by atoms with Crippen molar-refractivity contribution in [2.75, 3.05) is 31.4 Å². The maximum absolute atomic E-state index is 13.0. The molecular formula is C26H31N7O5S. The highest BCUT2D eigenvalue weighted by Crippen LogP contribution is 2.30. The fourth-order valence-electron chi connectivity index (χ4n) is 5.08. The van der Waals surface area contributed by atoms with Crippen LogP contribution in [0.15, 0.2) is 41.6 Å². The van der Waals surface area contributed by atoms with Crippen molar-refractivity contribution in [1.82, 2.24) is 29.5 Å². The van der Waals surface area contributed by atoms with E-state index in [0.29, 0.717) is 31.7 Å². The maximum atomic E-state index is 13.0. The molecule has 2 saturated heterocycles. The fraction of sp³-hybridized carbons (Fsp3) is 0.423. The number of ether oxygens (including phenoxy) is 1. The van der Waals surface area contributed by atoms with Crippen LogP contribution in [0.2, 0.25) is 0 Å². The van der Waals surface area contributed by atoms with Crippen molar-refractivity contribution in [2.24, 2.45) is 13.0 Å². The molecule has 0 aliphatic carbocycles. The minimum atomic E-state index is -3.99. The van der Waals surface area contributed by atoms with Crippen LogP contribution in [-0.4, -0.2) is 82.6 Å². The van der Waals surface area contributed by atoms with E-state index >= 15 is 0 Å². The van der Waals surface area contributed by atoms with Gasteiger partial charge in [0.2, 0.25) is 23.6 Å². The largest absolute Gasteiger partial charge is 0.472 e. The summed E-state index contributed by atoms with van der Waals surface area (Å²) in [5.41, 5.74) is 3.30. The predicted octanol–water partition coefficient (Wildman–Crippen LogP) is 1.75. The van der Waals surface area contributed by atoms with Crippen LogP contribution in [0.3, 0.4) is 0 Å². The molecule has 2 amide bonds. The fourth-order valence-corrected chi connectivity index (χ4v) is 6.00. The second-order valence-electron chi connectivity index (χ2n) is 10.1. The molecule has 2 aromatic heterocycles. The summed E-state index contributed by atoms with van der Waals surface area (Å²) in [4.78, 5) is 37.0. The van der Waals surface area contributed by atoms with E-state index in [1.807, 2.05) is 32.0 Å². The molecule has 1 N–H and O–H groups in total. The third-order valence-corrected chi connectivity index (χ3v) is 8.37. The van der Waals surface area contributed by atoms with Gasteiger partial charge in [0.05, 0.1) is 24.4 Å². The average Bonchev–Trinajstić information content (AvgIpc) is 3.59. The van der Waals surface area contributed by atoms with Crippen LogP contribution in [0.5, 0.6) is 5.88 Å². The Morgan fingerprint density at radius 3 is 2.51 bits per heavy atom. The molecule has 0 radical (unpaired) electrons. The molecule has 2 atom stereocenters. The highest BCUT2D eigenvalue weighted by atomic mass is 32.2. The maximum Gasteiger partial charge on any atom is 0.267 e. The molecule has 2 fully saturated rings. The van der Waals surface area contributed by atoms with Crippen molar-refractivity contribution >= 4 is 27.8 Å². The molecule has 5 rings (SSSR count). The third kappa shape index (κ3) is 5.58. The molecule has 13 heteroatoms. The Morgan fingerprint density at radius 2 is 1.87 bits per heavy atom. The number of nitrogens with one attached hydrogen (secondary N) is 1. The van der Waals surface area contributed by atoms with Gasteiger partial charge in [0.25, 0.3) is 10.0 Å². The third-order valence-electron chi connectivity index (χ3n) is 7.09. The SMILES string of the molecule is Cc1cccc(C)c1-c1cc(OC2CCN(C(=O)C3CC(=O)N(C)C3)C2)nc(NS(=O)(=O)c2cnn(C)c2)n1. The lowest BCUT2D eigenvalue weighted by atomic mass is 10.00. The topological polar surface area (TPSA) is 140 Å². The number of rotatable bonds is 7. The lowest BCUT2D eigenvalue weighted by molar-refractivity contribution is -0.135. The minimum Gasteiger partial charge on any atom is -0.472 e. The van der Waals surface area contributed by atoms with E-state index in [2.05, 4.69) is 19.8 Å². The molecule has 39 heavy (non-hydrogen) atoms. The first-order valence-corrected chi connectivity index (χ1v) is 14.1. The smallest absolute Gasteiger partial charge is 0.267 e. The number of sulfonamides is 1. The van der Waals surface area contributed by atoms with Gasteiger partial charge in [-0.3, -0.25) is 14.3 Å². The Hall–Kier alpha value is -4.00. The number of aromatic nitrogens is 4. The van der Waals surface area contributed by atoms with E-state index in [1.54, 1.807) is 30.0 Å². The van der Waals surface area contributed by atoms with Gasteiger partial charge in [-0.15, -0.1) is 0 Å². The van der Waals surface area contributed by atoms with E-state index in [-0.39, 0.29) is 47.0 Å². The molecule has 0 bridgehead atoms.